The third kappa shape index (κ3) is 1.98. The highest BCUT2D eigenvalue weighted by Crippen LogP contribution is 2.53. The van der Waals surface area contributed by atoms with Crippen LogP contribution in [-0.2, 0) is 5.41 Å². The number of hydrogen-bond acceptors (Lipinski definition) is 4. The number of amides is 1. The van der Waals surface area contributed by atoms with Crippen LogP contribution in [0.3, 0.4) is 0 Å². The maximum absolute atomic E-state index is 12.8. The zero-order valence-electron chi connectivity index (χ0n) is 13.8. The molecule has 1 aromatic carbocycles. The number of rotatable bonds is 1. The predicted molar refractivity (Wildman–Crippen MR) is 84.7 cm³/mol. The number of carbonyl (C=O) groups is 1. The topological polar surface area (TPSA) is 55.8 Å². The monoisotopic (exact) mass is 305 g/mol. The van der Waals surface area contributed by atoms with E-state index in [1.54, 1.807) is 27.2 Å². The molecular weight excluding hydrogens is 282 g/mol. The molecule has 0 spiro atoms. The first-order valence-corrected chi connectivity index (χ1v) is 7.49. The highest BCUT2D eigenvalue weighted by Gasteiger charge is 2.58. The standard InChI is InChI=1S/C16H23N3O3/c1-16-8-9-19(5,21)14(16)18(4)13-7-6-11(10-12(13)16)22-15(20)17(2)3/h6-7,10,14H,8-9H2,1-5H3. The summed E-state index contributed by atoms with van der Waals surface area (Å²) in [7, 11) is 7.02. The van der Waals surface area contributed by atoms with Gasteiger partial charge < -0.3 is 24.4 Å². The lowest BCUT2D eigenvalue weighted by atomic mass is 9.81. The van der Waals surface area contributed by atoms with Gasteiger partial charge in [-0.05, 0) is 30.7 Å². The van der Waals surface area contributed by atoms with E-state index in [2.05, 4.69) is 11.8 Å². The van der Waals surface area contributed by atoms with Crippen molar-refractivity contribution < 1.29 is 14.2 Å². The number of ether oxygens (including phenoxy) is 1. The van der Waals surface area contributed by atoms with Crippen LogP contribution in [0.4, 0.5) is 10.5 Å². The van der Waals surface area contributed by atoms with Gasteiger partial charge >= 0.3 is 6.09 Å². The van der Waals surface area contributed by atoms with E-state index < -0.39 is 6.09 Å². The van der Waals surface area contributed by atoms with Crippen molar-refractivity contribution in [3.8, 4) is 5.75 Å². The van der Waals surface area contributed by atoms with E-state index >= 15 is 0 Å². The molecule has 2 aliphatic rings. The van der Waals surface area contributed by atoms with Gasteiger partial charge in [-0.3, -0.25) is 0 Å². The summed E-state index contributed by atoms with van der Waals surface area (Å²) in [6.07, 6.45) is 0.311. The van der Waals surface area contributed by atoms with Crippen molar-refractivity contribution in [2.45, 2.75) is 24.9 Å². The molecule has 1 saturated heterocycles. The Hall–Kier alpha value is -1.79. The summed E-state index contributed by atoms with van der Waals surface area (Å²) in [5.74, 6) is 0.528. The quantitative estimate of drug-likeness (QED) is 0.589. The third-order valence-corrected chi connectivity index (χ3v) is 5.06. The van der Waals surface area contributed by atoms with Gasteiger partial charge in [-0.25, -0.2) is 4.79 Å². The lowest BCUT2D eigenvalue weighted by molar-refractivity contribution is -0.874. The van der Waals surface area contributed by atoms with E-state index in [-0.39, 0.29) is 16.2 Å². The Kier molecular flexibility index (Phi) is 3.16. The summed E-state index contributed by atoms with van der Waals surface area (Å²) in [6.45, 7) is 2.74. The first-order valence-electron chi connectivity index (χ1n) is 7.49. The van der Waals surface area contributed by atoms with Gasteiger partial charge in [0.2, 0.25) is 0 Å². The van der Waals surface area contributed by atoms with E-state index in [4.69, 9.17) is 4.74 Å². The second-order valence-electron chi connectivity index (χ2n) is 6.99. The highest BCUT2D eigenvalue weighted by atomic mass is 16.6. The van der Waals surface area contributed by atoms with E-state index in [0.717, 1.165) is 17.7 Å². The van der Waals surface area contributed by atoms with Crippen molar-refractivity contribution in [3.05, 3.63) is 29.0 Å². The van der Waals surface area contributed by atoms with Gasteiger partial charge in [0, 0.05) is 33.3 Å². The molecule has 0 N–H and O–H groups in total. The molecule has 1 amide bonds. The van der Waals surface area contributed by atoms with Gasteiger partial charge in [0.05, 0.1) is 19.0 Å². The van der Waals surface area contributed by atoms with Crippen molar-refractivity contribution >= 4 is 11.8 Å². The number of carbonyl (C=O) groups excluding carboxylic acids is 1. The van der Waals surface area contributed by atoms with E-state index in [1.807, 2.05) is 19.2 Å². The first kappa shape index (κ1) is 15.1. The molecule has 0 radical (unpaired) electrons. The molecular formula is C16H23N3O3. The number of likely N-dealkylation sites (N-methyl/N-ethyl adjacent to an activating group) is 2. The van der Waals surface area contributed by atoms with Gasteiger partial charge in [-0.1, -0.05) is 0 Å². The van der Waals surface area contributed by atoms with Crippen LogP contribution in [0.5, 0.6) is 5.75 Å². The predicted octanol–water partition coefficient (Wildman–Crippen LogP) is 2.13. The van der Waals surface area contributed by atoms with Crippen molar-refractivity contribution in [2.75, 3.05) is 39.6 Å². The van der Waals surface area contributed by atoms with E-state index in [0.29, 0.717) is 12.3 Å². The Morgan fingerprint density at radius 2 is 2.18 bits per heavy atom. The minimum Gasteiger partial charge on any atom is -0.631 e. The lowest BCUT2D eigenvalue weighted by Gasteiger charge is -2.44. The maximum atomic E-state index is 12.8. The van der Waals surface area contributed by atoms with Crippen LogP contribution in [0.15, 0.2) is 18.2 Å². The fourth-order valence-corrected chi connectivity index (χ4v) is 4.04. The van der Waals surface area contributed by atoms with Crippen molar-refractivity contribution in [1.82, 2.24) is 4.90 Å². The molecule has 3 atom stereocenters. The molecule has 6 nitrogen and oxygen atoms in total. The van der Waals surface area contributed by atoms with Gasteiger partial charge in [0.1, 0.15) is 5.75 Å². The average molecular weight is 305 g/mol. The number of fused-ring (bicyclic) bond motifs is 3. The number of quaternary nitrogens is 1. The van der Waals surface area contributed by atoms with Gasteiger partial charge in [-0.2, -0.15) is 0 Å². The highest BCUT2D eigenvalue weighted by molar-refractivity contribution is 5.72. The Balaban J connectivity index is 2.00. The van der Waals surface area contributed by atoms with Gasteiger partial charge in [0.25, 0.3) is 0 Å². The molecule has 3 unspecified atom stereocenters. The molecule has 2 heterocycles. The SMILES string of the molecule is CN(C)C(=O)Oc1ccc2c(c1)C1(C)CC[N+](C)([O-])C1N2C. The summed E-state index contributed by atoms with van der Waals surface area (Å²) < 4.78 is 5.11. The van der Waals surface area contributed by atoms with Crippen LogP contribution in [0.1, 0.15) is 18.9 Å². The molecule has 1 aromatic rings. The number of benzene rings is 1. The fraction of sp³-hybridized carbons (Fsp3) is 0.562. The van der Waals surface area contributed by atoms with Crippen molar-refractivity contribution in [2.24, 2.45) is 0 Å². The molecule has 0 aromatic heterocycles. The second kappa shape index (κ2) is 4.60. The fourth-order valence-electron chi connectivity index (χ4n) is 4.04. The van der Waals surface area contributed by atoms with Crippen LogP contribution in [0, 0.1) is 5.21 Å². The van der Waals surface area contributed by atoms with Crippen molar-refractivity contribution in [3.63, 3.8) is 0 Å². The van der Waals surface area contributed by atoms with Gasteiger partial charge in [0.15, 0.2) is 6.17 Å². The Morgan fingerprint density at radius 3 is 2.82 bits per heavy atom. The lowest BCUT2D eigenvalue weighted by Crippen LogP contribution is -2.54. The van der Waals surface area contributed by atoms with Crippen LogP contribution in [-0.4, -0.2) is 56.5 Å². The second-order valence-corrected chi connectivity index (χ2v) is 6.99. The number of likely N-dealkylation sites (tertiary alicyclic amines) is 1. The zero-order valence-corrected chi connectivity index (χ0v) is 13.8. The van der Waals surface area contributed by atoms with Crippen LogP contribution in [0.2, 0.25) is 0 Å². The molecule has 6 heteroatoms. The van der Waals surface area contributed by atoms with E-state index in [9.17, 15) is 10.0 Å². The number of hydroxylamine groups is 3. The molecule has 3 rings (SSSR count). The Labute approximate surface area is 131 Å². The van der Waals surface area contributed by atoms with Crippen LogP contribution in [0.25, 0.3) is 0 Å². The number of hydrogen-bond donors (Lipinski definition) is 0. The Bertz CT molecular complexity index is 629. The zero-order chi connectivity index (χ0) is 16.3. The summed E-state index contributed by atoms with van der Waals surface area (Å²) >= 11 is 0. The largest absolute Gasteiger partial charge is 0.631 e. The molecule has 1 fully saturated rings. The maximum Gasteiger partial charge on any atom is 0.414 e. The number of nitrogens with zero attached hydrogens (tertiary/aromatic N) is 3. The summed E-state index contributed by atoms with van der Waals surface area (Å²) in [4.78, 5) is 15.2. The smallest absolute Gasteiger partial charge is 0.414 e. The van der Waals surface area contributed by atoms with Gasteiger partial charge in [-0.15, -0.1) is 0 Å². The van der Waals surface area contributed by atoms with Crippen molar-refractivity contribution in [1.29, 1.82) is 0 Å². The first-order chi connectivity index (χ1) is 10.2. The number of anilines is 1. The third-order valence-electron chi connectivity index (χ3n) is 5.06. The summed E-state index contributed by atoms with van der Waals surface area (Å²) in [6, 6.07) is 5.64. The summed E-state index contributed by atoms with van der Waals surface area (Å²) in [5, 5.41) is 12.8. The van der Waals surface area contributed by atoms with Crippen LogP contribution < -0.4 is 9.64 Å². The Morgan fingerprint density at radius 1 is 1.50 bits per heavy atom. The minimum atomic E-state index is -0.399. The van der Waals surface area contributed by atoms with Crippen LogP contribution >= 0.6 is 0 Å². The minimum absolute atomic E-state index is 0.123. The average Bonchev–Trinajstić information content (AvgIpc) is 2.81. The molecule has 0 saturated carbocycles. The molecule has 2 aliphatic heterocycles. The van der Waals surface area contributed by atoms with E-state index in [1.165, 1.54) is 4.90 Å². The normalized spacial score (nSPS) is 32.6. The summed E-state index contributed by atoms with van der Waals surface area (Å²) in [5.41, 5.74) is 1.94. The molecule has 0 bridgehead atoms. The molecule has 22 heavy (non-hydrogen) atoms. The molecule has 120 valence electrons. The molecule has 0 aliphatic carbocycles.